The zero-order valence-electron chi connectivity index (χ0n) is 18.6. The lowest BCUT2D eigenvalue weighted by atomic mass is 9.96. The van der Waals surface area contributed by atoms with Gasteiger partial charge in [0, 0.05) is 45.3 Å². The monoisotopic (exact) mass is 456 g/mol. The number of piperidine rings is 1. The van der Waals surface area contributed by atoms with Crippen LogP contribution in [0.15, 0.2) is 24.5 Å². The number of hydrogen-bond donors (Lipinski definition) is 4. The highest BCUT2D eigenvalue weighted by atomic mass is 19.1. The Morgan fingerprint density at radius 1 is 1.33 bits per heavy atom. The molecule has 1 aromatic carbocycles. The number of anilines is 4. The van der Waals surface area contributed by atoms with E-state index in [2.05, 4.69) is 25.5 Å². The first-order valence-electron chi connectivity index (χ1n) is 10.9. The average Bonchev–Trinajstić information content (AvgIpc) is 2.83. The molecule has 2 aromatic rings. The van der Waals surface area contributed by atoms with Crippen LogP contribution in [0.5, 0.6) is 0 Å². The first-order valence-corrected chi connectivity index (χ1v) is 10.9. The number of nitriles is 1. The third kappa shape index (κ3) is 6.20. The summed E-state index contributed by atoms with van der Waals surface area (Å²) in [6, 6.07) is 6.43. The zero-order chi connectivity index (χ0) is 23.8. The number of nitrogens with zero attached hydrogens (tertiary/aromatic N) is 5. The van der Waals surface area contributed by atoms with Crippen LogP contribution in [0.1, 0.15) is 25.3 Å². The Morgan fingerprint density at radius 3 is 2.73 bits per heavy atom. The van der Waals surface area contributed by atoms with Gasteiger partial charge in [-0.25, -0.2) is 19.2 Å². The fraction of sp³-hybridized carbons (Fsp3) is 0.455. The maximum atomic E-state index is 14.6. The molecule has 1 aliphatic rings. The van der Waals surface area contributed by atoms with Crippen molar-refractivity contribution in [1.82, 2.24) is 14.9 Å². The number of benzene rings is 1. The summed E-state index contributed by atoms with van der Waals surface area (Å²) in [6.45, 7) is 5.39. The second-order valence-corrected chi connectivity index (χ2v) is 7.84. The van der Waals surface area contributed by atoms with Gasteiger partial charge in [0.25, 0.3) is 0 Å². The van der Waals surface area contributed by atoms with Gasteiger partial charge in [-0.15, -0.1) is 0 Å². The Morgan fingerprint density at radius 2 is 2.09 bits per heavy atom. The van der Waals surface area contributed by atoms with Crippen LogP contribution >= 0.6 is 0 Å². The highest BCUT2D eigenvalue weighted by Crippen LogP contribution is 2.28. The van der Waals surface area contributed by atoms with Crippen LogP contribution in [0, 0.1) is 23.1 Å². The molecule has 2 heterocycles. The molecule has 10 nitrogen and oxygen atoms in total. The minimum absolute atomic E-state index is 0.183. The largest absolute Gasteiger partial charge is 0.465 e. The summed E-state index contributed by atoms with van der Waals surface area (Å²) in [4.78, 5) is 23.3. The summed E-state index contributed by atoms with van der Waals surface area (Å²) in [5.74, 6) is 0.917. The van der Waals surface area contributed by atoms with E-state index >= 15 is 0 Å². The van der Waals surface area contributed by atoms with Crippen molar-refractivity contribution in [3.63, 3.8) is 0 Å². The van der Waals surface area contributed by atoms with Gasteiger partial charge in [0.05, 0.1) is 16.9 Å². The fourth-order valence-electron chi connectivity index (χ4n) is 3.84. The van der Waals surface area contributed by atoms with Gasteiger partial charge in [0.15, 0.2) is 0 Å². The van der Waals surface area contributed by atoms with Gasteiger partial charge in [0.2, 0.25) is 0 Å². The Hall–Kier alpha value is -3.65. The standard InChI is InChI=1S/C22H29FN8O2/c1-2-30(13-15-3-7-31(8-4-15)22(32)33)21-11-20(27-14-28-21)29-19-10-18(26-6-5-24)16(12-25)9-17(19)23/h9-11,14-15,26H,2-8,13,24H2,1H3,(H,32,33)(H,27,28,29). The lowest BCUT2D eigenvalue weighted by Gasteiger charge is -2.33. The van der Waals surface area contributed by atoms with Crippen molar-refractivity contribution in [3.8, 4) is 6.07 Å². The number of carboxylic acid groups (broad SMARTS) is 1. The Kier molecular flexibility index (Phi) is 8.21. The summed E-state index contributed by atoms with van der Waals surface area (Å²) < 4.78 is 14.6. The first-order chi connectivity index (χ1) is 15.9. The van der Waals surface area contributed by atoms with E-state index in [0.29, 0.717) is 56.0 Å². The molecule has 0 unspecified atom stereocenters. The van der Waals surface area contributed by atoms with E-state index in [-0.39, 0.29) is 11.3 Å². The molecule has 1 fully saturated rings. The summed E-state index contributed by atoms with van der Waals surface area (Å²) in [5, 5.41) is 24.4. The van der Waals surface area contributed by atoms with Crippen LogP contribution in [0.25, 0.3) is 0 Å². The molecule has 0 atom stereocenters. The van der Waals surface area contributed by atoms with E-state index in [9.17, 15) is 14.4 Å². The van der Waals surface area contributed by atoms with Crippen LogP contribution < -0.4 is 21.3 Å². The van der Waals surface area contributed by atoms with Crippen molar-refractivity contribution < 1.29 is 14.3 Å². The molecule has 1 aliphatic heterocycles. The number of amides is 1. The third-order valence-electron chi connectivity index (χ3n) is 5.67. The van der Waals surface area contributed by atoms with Crippen molar-refractivity contribution in [2.75, 3.05) is 54.8 Å². The van der Waals surface area contributed by atoms with Crippen molar-refractivity contribution in [2.45, 2.75) is 19.8 Å². The zero-order valence-corrected chi connectivity index (χ0v) is 18.6. The van der Waals surface area contributed by atoms with E-state index < -0.39 is 11.9 Å². The molecule has 0 bridgehead atoms. The lowest BCUT2D eigenvalue weighted by Crippen LogP contribution is -2.41. The summed E-state index contributed by atoms with van der Waals surface area (Å²) >= 11 is 0. The second kappa shape index (κ2) is 11.3. The minimum Gasteiger partial charge on any atom is -0.465 e. The number of rotatable bonds is 9. The topological polar surface area (TPSA) is 143 Å². The van der Waals surface area contributed by atoms with Gasteiger partial charge in [-0.1, -0.05) is 0 Å². The number of nitrogens with two attached hydrogens (primary N) is 1. The molecule has 0 spiro atoms. The molecule has 3 rings (SSSR count). The van der Waals surface area contributed by atoms with E-state index in [4.69, 9.17) is 10.8 Å². The Balaban J connectivity index is 1.72. The van der Waals surface area contributed by atoms with E-state index in [1.54, 1.807) is 6.07 Å². The average molecular weight is 457 g/mol. The summed E-state index contributed by atoms with van der Waals surface area (Å²) in [7, 11) is 0. The molecule has 5 N–H and O–H groups in total. The van der Waals surface area contributed by atoms with Crippen LogP contribution in [-0.4, -0.2) is 65.3 Å². The van der Waals surface area contributed by atoms with Gasteiger partial charge in [0.1, 0.15) is 29.8 Å². The number of nitrogens with one attached hydrogen (secondary N) is 2. The fourth-order valence-corrected chi connectivity index (χ4v) is 3.84. The van der Waals surface area contributed by atoms with Crippen molar-refractivity contribution in [1.29, 1.82) is 5.26 Å². The van der Waals surface area contributed by atoms with Gasteiger partial charge < -0.3 is 31.3 Å². The van der Waals surface area contributed by atoms with E-state index in [0.717, 1.165) is 19.4 Å². The summed E-state index contributed by atoms with van der Waals surface area (Å²) in [6.07, 6.45) is 2.15. The Labute approximate surface area is 192 Å². The minimum atomic E-state index is -0.872. The quantitative estimate of drug-likeness (QED) is 0.448. The first kappa shape index (κ1) is 24.0. The smallest absolute Gasteiger partial charge is 0.407 e. The number of hydrogen-bond acceptors (Lipinski definition) is 8. The number of likely N-dealkylation sites (tertiary alicyclic amines) is 1. The molecule has 1 aromatic heterocycles. The lowest BCUT2D eigenvalue weighted by molar-refractivity contribution is 0.125. The molecule has 33 heavy (non-hydrogen) atoms. The molecule has 1 saturated heterocycles. The Bertz CT molecular complexity index is 1000. The molecule has 0 radical (unpaired) electrons. The molecule has 0 aliphatic carbocycles. The van der Waals surface area contributed by atoms with Gasteiger partial charge in [-0.2, -0.15) is 5.26 Å². The number of carbonyl (C=O) groups is 1. The molecule has 176 valence electrons. The SMILES string of the molecule is CCN(CC1CCN(C(=O)O)CC1)c1cc(Nc2cc(NCCN)c(C#N)cc2F)ncn1. The van der Waals surface area contributed by atoms with Crippen LogP contribution in [0.4, 0.5) is 32.2 Å². The predicted octanol–water partition coefficient (Wildman–Crippen LogP) is 2.82. The van der Waals surface area contributed by atoms with Crippen molar-refractivity contribution >= 4 is 29.1 Å². The maximum Gasteiger partial charge on any atom is 0.407 e. The van der Waals surface area contributed by atoms with Crippen LogP contribution in [0.2, 0.25) is 0 Å². The van der Waals surface area contributed by atoms with Crippen molar-refractivity contribution in [3.05, 3.63) is 35.9 Å². The third-order valence-corrected chi connectivity index (χ3v) is 5.67. The van der Waals surface area contributed by atoms with Crippen molar-refractivity contribution in [2.24, 2.45) is 11.7 Å². The van der Waals surface area contributed by atoms with E-state index in [1.807, 2.05) is 13.0 Å². The normalized spacial score (nSPS) is 13.9. The molecule has 0 saturated carbocycles. The number of halogens is 1. The number of aromatic nitrogens is 2. The predicted molar refractivity (Wildman–Crippen MR) is 124 cm³/mol. The molecule has 1 amide bonds. The molecular formula is C22H29FN8O2. The van der Waals surface area contributed by atoms with Gasteiger partial charge in [-0.05, 0) is 37.8 Å². The van der Waals surface area contributed by atoms with E-state index in [1.165, 1.54) is 23.4 Å². The van der Waals surface area contributed by atoms with Crippen LogP contribution in [-0.2, 0) is 0 Å². The molecule has 11 heteroatoms. The van der Waals surface area contributed by atoms with Gasteiger partial charge >= 0.3 is 6.09 Å². The van der Waals surface area contributed by atoms with Gasteiger partial charge in [-0.3, -0.25) is 0 Å². The maximum absolute atomic E-state index is 14.6. The molecular weight excluding hydrogens is 427 g/mol. The van der Waals surface area contributed by atoms with Crippen LogP contribution in [0.3, 0.4) is 0 Å². The second-order valence-electron chi connectivity index (χ2n) is 7.84. The highest BCUT2D eigenvalue weighted by molar-refractivity contribution is 5.69. The summed E-state index contributed by atoms with van der Waals surface area (Å²) in [5.41, 5.74) is 6.39. The highest BCUT2D eigenvalue weighted by Gasteiger charge is 2.24.